The fourth-order valence-corrected chi connectivity index (χ4v) is 5.69. The van der Waals surface area contributed by atoms with Crippen LogP contribution in [0.15, 0.2) is 48.0 Å². The van der Waals surface area contributed by atoms with Crippen LogP contribution < -0.4 is 9.80 Å². The van der Waals surface area contributed by atoms with Gasteiger partial charge in [0.25, 0.3) is 0 Å². The Morgan fingerprint density at radius 1 is 1.11 bits per heavy atom. The molecule has 0 N–H and O–H groups in total. The molecule has 0 amide bonds. The fourth-order valence-electron chi connectivity index (χ4n) is 4.89. The molecular formula is C28H33FN6O2S. The zero-order valence-corrected chi connectivity index (χ0v) is 23.0. The first kappa shape index (κ1) is 26.1. The molecule has 8 nitrogen and oxygen atoms in total. The minimum Gasteiger partial charge on any atom is -0.465 e. The SMILES string of the molecule is CCOC(=O)C(C)N1CCN(c2ccc3nc(CC)c(N(C)c4nc(-c5ccc(F)cc5)cs4)n3c2)CC1. The standard InChI is InChI=1S/C28H33FN6O2S/c1-5-23-26(32(4)28-31-24(18-38-28)20-7-9-21(29)10-8-20)35-17-22(11-12-25(35)30-23)34-15-13-33(14-16-34)19(3)27(36)37-6-2/h7-12,17-19H,5-6,13-16H2,1-4H3. The van der Waals surface area contributed by atoms with Crippen molar-refractivity contribution in [1.29, 1.82) is 0 Å². The first-order valence-electron chi connectivity index (χ1n) is 13.0. The van der Waals surface area contributed by atoms with Gasteiger partial charge in [-0.15, -0.1) is 11.3 Å². The quantitative estimate of drug-likeness (QED) is 0.294. The highest BCUT2D eigenvalue weighted by Crippen LogP contribution is 2.34. The van der Waals surface area contributed by atoms with Crippen molar-refractivity contribution in [3.63, 3.8) is 0 Å². The maximum atomic E-state index is 13.4. The number of rotatable bonds is 8. The van der Waals surface area contributed by atoms with Crippen molar-refractivity contribution in [2.75, 3.05) is 49.6 Å². The lowest BCUT2D eigenvalue weighted by atomic mass is 10.2. The lowest BCUT2D eigenvalue weighted by Crippen LogP contribution is -2.52. The van der Waals surface area contributed by atoms with Crippen molar-refractivity contribution < 1.29 is 13.9 Å². The van der Waals surface area contributed by atoms with E-state index in [9.17, 15) is 9.18 Å². The Bertz CT molecular complexity index is 1410. The van der Waals surface area contributed by atoms with Crippen molar-refractivity contribution in [3.8, 4) is 11.3 Å². The molecule has 1 aliphatic rings. The molecule has 1 unspecified atom stereocenters. The number of aryl methyl sites for hydroxylation is 1. The third-order valence-corrected chi connectivity index (χ3v) is 7.99. The molecule has 4 aromatic rings. The van der Waals surface area contributed by atoms with Crippen molar-refractivity contribution in [2.24, 2.45) is 0 Å². The number of thiazole rings is 1. The third-order valence-electron chi connectivity index (χ3n) is 7.07. The normalized spacial score (nSPS) is 15.1. The molecule has 200 valence electrons. The Morgan fingerprint density at radius 3 is 2.53 bits per heavy atom. The molecule has 1 fully saturated rings. The Kier molecular flexibility index (Phi) is 7.62. The molecule has 1 aromatic carbocycles. The molecule has 10 heteroatoms. The van der Waals surface area contributed by atoms with Gasteiger partial charge in [-0.3, -0.25) is 14.1 Å². The zero-order valence-electron chi connectivity index (χ0n) is 22.2. The Balaban J connectivity index is 1.39. The highest BCUT2D eigenvalue weighted by atomic mass is 32.1. The van der Waals surface area contributed by atoms with Gasteiger partial charge in [-0.1, -0.05) is 6.92 Å². The summed E-state index contributed by atoms with van der Waals surface area (Å²) in [5.41, 5.74) is 4.70. The lowest BCUT2D eigenvalue weighted by molar-refractivity contribution is -0.149. The van der Waals surface area contributed by atoms with Crippen LogP contribution in [0.1, 0.15) is 26.5 Å². The number of imidazole rings is 1. The summed E-state index contributed by atoms with van der Waals surface area (Å²) in [4.78, 5) is 28.5. The smallest absolute Gasteiger partial charge is 0.323 e. The molecule has 0 saturated carbocycles. The largest absolute Gasteiger partial charge is 0.465 e. The molecule has 1 aliphatic heterocycles. The van der Waals surface area contributed by atoms with E-state index in [1.807, 2.05) is 26.3 Å². The number of hydrogen-bond donors (Lipinski definition) is 0. The van der Waals surface area contributed by atoms with Crippen LogP contribution in [0.4, 0.5) is 21.0 Å². The van der Waals surface area contributed by atoms with Gasteiger partial charge in [-0.25, -0.2) is 14.4 Å². The number of piperazine rings is 1. The van der Waals surface area contributed by atoms with Gasteiger partial charge in [0.15, 0.2) is 5.13 Å². The Labute approximate surface area is 226 Å². The lowest BCUT2D eigenvalue weighted by Gasteiger charge is -2.38. The number of carbonyl (C=O) groups is 1. The molecule has 5 rings (SSSR count). The molecule has 1 atom stereocenters. The van der Waals surface area contributed by atoms with Gasteiger partial charge in [0.2, 0.25) is 0 Å². The number of pyridine rings is 1. The average molecular weight is 537 g/mol. The van der Waals surface area contributed by atoms with Crippen LogP contribution >= 0.6 is 11.3 Å². The second-order valence-electron chi connectivity index (χ2n) is 9.38. The van der Waals surface area contributed by atoms with Gasteiger partial charge in [-0.2, -0.15) is 0 Å². The van der Waals surface area contributed by atoms with E-state index in [0.717, 1.165) is 71.8 Å². The molecular weight excluding hydrogens is 503 g/mol. The number of halogens is 1. The van der Waals surface area contributed by atoms with E-state index in [-0.39, 0.29) is 17.8 Å². The van der Waals surface area contributed by atoms with E-state index in [4.69, 9.17) is 14.7 Å². The van der Waals surface area contributed by atoms with Gasteiger partial charge in [-0.05, 0) is 56.7 Å². The average Bonchev–Trinajstić information content (AvgIpc) is 3.58. The van der Waals surface area contributed by atoms with E-state index >= 15 is 0 Å². The van der Waals surface area contributed by atoms with Crippen molar-refractivity contribution in [1.82, 2.24) is 19.3 Å². The molecule has 4 heterocycles. The molecule has 0 radical (unpaired) electrons. The second-order valence-corrected chi connectivity index (χ2v) is 10.2. The summed E-state index contributed by atoms with van der Waals surface area (Å²) in [7, 11) is 2.01. The van der Waals surface area contributed by atoms with Crippen molar-refractivity contribution in [2.45, 2.75) is 33.2 Å². The van der Waals surface area contributed by atoms with Gasteiger partial charge in [0, 0.05) is 50.4 Å². The predicted molar refractivity (Wildman–Crippen MR) is 150 cm³/mol. The monoisotopic (exact) mass is 536 g/mol. The minimum atomic E-state index is -0.259. The minimum absolute atomic E-state index is 0.162. The first-order chi connectivity index (χ1) is 18.4. The number of carbonyl (C=O) groups excluding carboxylic acids is 1. The highest BCUT2D eigenvalue weighted by Gasteiger charge is 2.27. The van der Waals surface area contributed by atoms with Gasteiger partial charge in [0.1, 0.15) is 23.3 Å². The van der Waals surface area contributed by atoms with E-state index < -0.39 is 0 Å². The summed E-state index contributed by atoms with van der Waals surface area (Å²) in [6, 6.07) is 10.3. The topological polar surface area (TPSA) is 66.2 Å². The number of esters is 1. The highest BCUT2D eigenvalue weighted by molar-refractivity contribution is 7.14. The van der Waals surface area contributed by atoms with Crippen LogP contribution in [0, 0.1) is 5.82 Å². The molecule has 0 spiro atoms. The van der Waals surface area contributed by atoms with Crippen molar-refractivity contribution in [3.05, 3.63) is 59.5 Å². The van der Waals surface area contributed by atoms with E-state index in [1.54, 1.807) is 23.5 Å². The zero-order chi connectivity index (χ0) is 26.8. The van der Waals surface area contributed by atoms with Crippen LogP contribution in [0.5, 0.6) is 0 Å². The number of benzene rings is 1. The summed E-state index contributed by atoms with van der Waals surface area (Å²) in [6.07, 6.45) is 2.93. The molecule has 0 aliphatic carbocycles. The number of hydrogen-bond acceptors (Lipinski definition) is 8. The fraction of sp³-hybridized carbons (Fsp3) is 0.393. The summed E-state index contributed by atoms with van der Waals surface area (Å²) in [5, 5.41) is 2.84. The van der Waals surface area contributed by atoms with E-state index in [0.29, 0.717) is 6.61 Å². The van der Waals surface area contributed by atoms with Crippen LogP contribution in [-0.2, 0) is 16.0 Å². The number of fused-ring (bicyclic) bond motifs is 1. The molecule has 38 heavy (non-hydrogen) atoms. The summed E-state index contributed by atoms with van der Waals surface area (Å²) < 4.78 is 20.7. The summed E-state index contributed by atoms with van der Waals surface area (Å²) in [6.45, 7) is 9.49. The van der Waals surface area contributed by atoms with Crippen molar-refractivity contribution >= 4 is 39.6 Å². The summed E-state index contributed by atoms with van der Waals surface area (Å²) >= 11 is 1.55. The first-order valence-corrected chi connectivity index (χ1v) is 13.9. The number of anilines is 3. The number of ether oxygens (including phenoxy) is 1. The van der Waals surface area contributed by atoms with Crippen LogP contribution in [0.2, 0.25) is 0 Å². The molecule has 0 bridgehead atoms. The van der Waals surface area contributed by atoms with Gasteiger partial charge in [0.05, 0.1) is 23.7 Å². The number of aromatic nitrogens is 3. The Hall–Kier alpha value is -3.50. The molecule has 1 saturated heterocycles. The van der Waals surface area contributed by atoms with E-state index in [2.05, 4.69) is 44.4 Å². The maximum Gasteiger partial charge on any atom is 0.323 e. The summed E-state index contributed by atoms with van der Waals surface area (Å²) in [5.74, 6) is 0.564. The van der Waals surface area contributed by atoms with Crippen LogP contribution in [-0.4, -0.2) is 71.1 Å². The molecule has 3 aromatic heterocycles. The second kappa shape index (κ2) is 11.1. The van der Waals surface area contributed by atoms with Crippen LogP contribution in [0.25, 0.3) is 16.9 Å². The van der Waals surface area contributed by atoms with Gasteiger partial charge < -0.3 is 14.5 Å². The number of nitrogens with zero attached hydrogens (tertiary/aromatic N) is 6. The van der Waals surface area contributed by atoms with Gasteiger partial charge >= 0.3 is 5.97 Å². The predicted octanol–water partition coefficient (Wildman–Crippen LogP) is 5.00. The maximum absolute atomic E-state index is 13.4. The van der Waals surface area contributed by atoms with Crippen LogP contribution in [0.3, 0.4) is 0 Å². The third kappa shape index (κ3) is 5.10. The van der Waals surface area contributed by atoms with E-state index in [1.165, 1.54) is 12.1 Å². The Morgan fingerprint density at radius 2 is 1.84 bits per heavy atom.